The van der Waals surface area contributed by atoms with Gasteiger partial charge in [-0.2, -0.15) is 0 Å². The molecule has 0 radical (unpaired) electrons. The first-order valence-corrected chi connectivity index (χ1v) is 4.11. The van der Waals surface area contributed by atoms with Gasteiger partial charge in [-0.05, 0) is 13.0 Å². The molecule has 2 atom stereocenters. The van der Waals surface area contributed by atoms with Crippen LogP contribution in [0.5, 0.6) is 0 Å². The number of carbonyl (C=O) groups excluding carboxylic acids is 1. The molecular formula is C8H13NO3. The molecule has 12 heavy (non-hydrogen) atoms. The van der Waals surface area contributed by atoms with Crippen LogP contribution < -0.4 is 0 Å². The molecule has 0 aromatic rings. The van der Waals surface area contributed by atoms with Crippen molar-refractivity contribution in [1.82, 2.24) is 4.90 Å². The van der Waals surface area contributed by atoms with E-state index in [1.807, 2.05) is 11.8 Å². The van der Waals surface area contributed by atoms with Gasteiger partial charge in [-0.25, -0.2) is 0 Å². The van der Waals surface area contributed by atoms with E-state index in [2.05, 4.69) is 0 Å². The predicted molar refractivity (Wildman–Crippen MR) is 42.8 cm³/mol. The van der Waals surface area contributed by atoms with Crippen molar-refractivity contribution in [2.24, 2.45) is 5.92 Å². The van der Waals surface area contributed by atoms with E-state index in [4.69, 9.17) is 5.11 Å². The molecule has 0 amide bonds. The molecule has 1 aliphatic rings. The highest BCUT2D eigenvalue weighted by molar-refractivity contribution is 5.75. The van der Waals surface area contributed by atoms with E-state index in [1.165, 1.54) is 0 Å². The summed E-state index contributed by atoms with van der Waals surface area (Å²) < 4.78 is 0. The summed E-state index contributed by atoms with van der Waals surface area (Å²) in [6, 6.07) is -0.454. The number of likely N-dealkylation sites (N-methyl/N-ethyl adjacent to an activating group) is 1. The van der Waals surface area contributed by atoms with Gasteiger partial charge < -0.3 is 9.90 Å². The van der Waals surface area contributed by atoms with Crippen LogP contribution in [-0.4, -0.2) is 41.4 Å². The number of carboxylic acid groups (broad SMARTS) is 1. The van der Waals surface area contributed by atoms with E-state index in [-0.39, 0.29) is 5.92 Å². The summed E-state index contributed by atoms with van der Waals surface area (Å²) in [5, 5.41) is 8.77. The van der Waals surface area contributed by atoms with E-state index in [0.717, 1.165) is 6.29 Å². The van der Waals surface area contributed by atoms with Gasteiger partial charge in [-0.15, -0.1) is 0 Å². The number of hydrogen-bond donors (Lipinski definition) is 1. The molecule has 68 valence electrons. The Hall–Kier alpha value is -0.900. The van der Waals surface area contributed by atoms with Gasteiger partial charge in [0.25, 0.3) is 0 Å². The predicted octanol–water partition coefficient (Wildman–Crippen LogP) is -0.0197. The molecule has 1 aliphatic heterocycles. The van der Waals surface area contributed by atoms with Gasteiger partial charge in [0.2, 0.25) is 0 Å². The lowest BCUT2D eigenvalue weighted by molar-refractivity contribution is -0.142. The molecule has 1 fully saturated rings. The summed E-state index contributed by atoms with van der Waals surface area (Å²) >= 11 is 0. The number of nitrogens with zero attached hydrogens (tertiary/aromatic N) is 1. The molecule has 1 saturated heterocycles. The Bertz CT molecular complexity index is 193. The molecule has 0 aliphatic carbocycles. The number of carboxylic acids is 1. The van der Waals surface area contributed by atoms with E-state index in [1.54, 1.807) is 0 Å². The molecule has 0 bridgehead atoms. The summed E-state index contributed by atoms with van der Waals surface area (Å²) in [7, 11) is 0. The quantitative estimate of drug-likeness (QED) is 0.606. The minimum atomic E-state index is -0.818. The third kappa shape index (κ3) is 1.64. The molecular weight excluding hydrogens is 158 g/mol. The molecule has 4 nitrogen and oxygen atoms in total. The van der Waals surface area contributed by atoms with Crippen molar-refractivity contribution in [2.75, 3.05) is 13.1 Å². The summed E-state index contributed by atoms with van der Waals surface area (Å²) in [4.78, 5) is 22.9. The normalized spacial score (nSPS) is 30.4. The SMILES string of the molecule is CCN1CC(C=O)CC1C(=O)O. The van der Waals surface area contributed by atoms with E-state index < -0.39 is 12.0 Å². The van der Waals surface area contributed by atoms with Gasteiger partial charge in [-0.1, -0.05) is 6.92 Å². The summed E-state index contributed by atoms with van der Waals surface area (Å²) in [6.45, 7) is 3.20. The second-order valence-electron chi connectivity index (χ2n) is 3.07. The molecule has 0 saturated carbocycles. The molecule has 1 heterocycles. The number of rotatable bonds is 3. The molecule has 0 aromatic carbocycles. The lowest BCUT2D eigenvalue weighted by atomic mass is 10.1. The smallest absolute Gasteiger partial charge is 0.320 e. The maximum absolute atomic E-state index is 10.7. The molecule has 0 aromatic heterocycles. The Morgan fingerprint density at radius 3 is 2.75 bits per heavy atom. The molecule has 4 heteroatoms. The molecule has 1 N–H and O–H groups in total. The Kier molecular flexibility index (Phi) is 2.81. The Morgan fingerprint density at radius 2 is 2.42 bits per heavy atom. The second-order valence-corrected chi connectivity index (χ2v) is 3.07. The number of aliphatic carboxylic acids is 1. The average Bonchev–Trinajstić information content (AvgIpc) is 2.47. The lowest BCUT2D eigenvalue weighted by Gasteiger charge is -2.17. The van der Waals surface area contributed by atoms with E-state index in [0.29, 0.717) is 19.5 Å². The van der Waals surface area contributed by atoms with Crippen molar-refractivity contribution in [3.05, 3.63) is 0 Å². The Balaban J connectivity index is 2.62. The average molecular weight is 171 g/mol. The van der Waals surface area contributed by atoms with Crippen LogP contribution in [0.2, 0.25) is 0 Å². The summed E-state index contributed by atoms with van der Waals surface area (Å²) in [5.41, 5.74) is 0. The largest absolute Gasteiger partial charge is 0.480 e. The first-order chi connectivity index (χ1) is 5.69. The second kappa shape index (κ2) is 3.67. The highest BCUT2D eigenvalue weighted by atomic mass is 16.4. The zero-order valence-electron chi connectivity index (χ0n) is 7.06. The van der Waals surface area contributed by atoms with Crippen LogP contribution in [0.4, 0.5) is 0 Å². The minimum absolute atomic E-state index is 0.0916. The minimum Gasteiger partial charge on any atom is -0.480 e. The van der Waals surface area contributed by atoms with Gasteiger partial charge in [0.15, 0.2) is 0 Å². The number of likely N-dealkylation sites (tertiary alicyclic amines) is 1. The highest BCUT2D eigenvalue weighted by Gasteiger charge is 2.35. The van der Waals surface area contributed by atoms with E-state index in [9.17, 15) is 9.59 Å². The van der Waals surface area contributed by atoms with Gasteiger partial charge >= 0.3 is 5.97 Å². The highest BCUT2D eigenvalue weighted by Crippen LogP contribution is 2.21. The van der Waals surface area contributed by atoms with Crippen LogP contribution in [-0.2, 0) is 9.59 Å². The number of aldehydes is 1. The monoisotopic (exact) mass is 171 g/mol. The first-order valence-electron chi connectivity index (χ1n) is 4.11. The van der Waals surface area contributed by atoms with Crippen LogP contribution in [0.25, 0.3) is 0 Å². The maximum atomic E-state index is 10.7. The van der Waals surface area contributed by atoms with Crippen LogP contribution in [0.1, 0.15) is 13.3 Å². The van der Waals surface area contributed by atoms with Gasteiger partial charge in [-0.3, -0.25) is 9.69 Å². The van der Waals surface area contributed by atoms with Crippen molar-refractivity contribution >= 4 is 12.3 Å². The fourth-order valence-electron chi connectivity index (χ4n) is 1.64. The van der Waals surface area contributed by atoms with Crippen molar-refractivity contribution in [3.8, 4) is 0 Å². The van der Waals surface area contributed by atoms with Crippen LogP contribution in [0.15, 0.2) is 0 Å². The van der Waals surface area contributed by atoms with Gasteiger partial charge in [0.05, 0.1) is 0 Å². The van der Waals surface area contributed by atoms with Crippen molar-refractivity contribution in [2.45, 2.75) is 19.4 Å². The Morgan fingerprint density at radius 1 is 1.75 bits per heavy atom. The zero-order valence-corrected chi connectivity index (χ0v) is 7.06. The van der Waals surface area contributed by atoms with Crippen LogP contribution >= 0.6 is 0 Å². The maximum Gasteiger partial charge on any atom is 0.320 e. The van der Waals surface area contributed by atoms with Crippen LogP contribution in [0, 0.1) is 5.92 Å². The summed E-state index contributed by atoms with van der Waals surface area (Å²) in [6.07, 6.45) is 1.32. The topological polar surface area (TPSA) is 57.6 Å². The number of carbonyl (C=O) groups is 2. The van der Waals surface area contributed by atoms with Crippen molar-refractivity contribution in [3.63, 3.8) is 0 Å². The third-order valence-electron chi connectivity index (χ3n) is 2.32. The van der Waals surface area contributed by atoms with Gasteiger partial charge in [0.1, 0.15) is 12.3 Å². The third-order valence-corrected chi connectivity index (χ3v) is 2.32. The van der Waals surface area contributed by atoms with Crippen molar-refractivity contribution in [1.29, 1.82) is 0 Å². The van der Waals surface area contributed by atoms with Crippen LogP contribution in [0.3, 0.4) is 0 Å². The standard InChI is InChI=1S/C8H13NO3/c1-2-9-4-6(5-10)3-7(9)8(11)12/h5-7H,2-4H2,1H3,(H,11,12). The van der Waals surface area contributed by atoms with E-state index >= 15 is 0 Å². The lowest BCUT2D eigenvalue weighted by Crippen LogP contribution is -2.35. The van der Waals surface area contributed by atoms with Gasteiger partial charge in [0, 0.05) is 12.5 Å². The zero-order chi connectivity index (χ0) is 9.14. The first kappa shape index (κ1) is 9.19. The molecule has 0 spiro atoms. The molecule has 1 rings (SSSR count). The van der Waals surface area contributed by atoms with Crippen molar-refractivity contribution < 1.29 is 14.7 Å². The summed E-state index contributed by atoms with van der Waals surface area (Å²) in [5.74, 6) is -0.910. The number of hydrogen-bond acceptors (Lipinski definition) is 3. The molecule has 2 unspecified atom stereocenters. The fourth-order valence-corrected chi connectivity index (χ4v) is 1.64. The fraction of sp³-hybridized carbons (Fsp3) is 0.750. The Labute approximate surface area is 71.2 Å².